The van der Waals surface area contributed by atoms with Crippen LogP contribution in [-0.4, -0.2) is 23.5 Å². The molecule has 1 fully saturated rings. The van der Waals surface area contributed by atoms with Crippen molar-refractivity contribution in [3.05, 3.63) is 12.7 Å². The monoisotopic (exact) mass is 183 g/mol. The van der Waals surface area contributed by atoms with Gasteiger partial charge in [-0.3, -0.25) is 9.59 Å². The average Bonchev–Trinajstić information content (AvgIpc) is 2.09. The van der Waals surface area contributed by atoms with Crippen LogP contribution in [0.4, 0.5) is 0 Å². The lowest BCUT2D eigenvalue weighted by Crippen LogP contribution is -2.50. The molecule has 1 aliphatic heterocycles. The molecule has 1 amide bonds. The summed E-state index contributed by atoms with van der Waals surface area (Å²) in [5, 5.41) is 11.6. The number of carbonyl (C=O) groups excluding carboxylic acids is 1. The maximum Gasteiger partial charge on any atom is 0.319 e. The van der Waals surface area contributed by atoms with Crippen molar-refractivity contribution in [2.75, 3.05) is 6.54 Å². The van der Waals surface area contributed by atoms with E-state index in [2.05, 4.69) is 11.9 Å². The zero-order valence-corrected chi connectivity index (χ0v) is 7.38. The van der Waals surface area contributed by atoms with E-state index in [1.54, 1.807) is 0 Å². The minimum Gasteiger partial charge on any atom is -0.480 e. The van der Waals surface area contributed by atoms with Crippen LogP contribution in [0, 0.1) is 5.41 Å². The third kappa shape index (κ3) is 1.56. The molecule has 0 aliphatic carbocycles. The zero-order valence-electron chi connectivity index (χ0n) is 7.38. The standard InChI is InChI=1S/C9H13NO3/c1-2-4-9(8(12)13)5-3-6-10-7(9)11/h2H,1,3-6H2,(H,10,11)(H,12,13). The topological polar surface area (TPSA) is 66.4 Å². The van der Waals surface area contributed by atoms with Crippen LogP contribution in [0.15, 0.2) is 12.7 Å². The lowest BCUT2D eigenvalue weighted by atomic mass is 9.77. The molecule has 0 radical (unpaired) electrons. The van der Waals surface area contributed by atoms with E-state index in [0.29, 0.717) is 19.4 Å². The van der Waals surface area contributed by atoms with E-state index in [0.717, 1.165) is 0 Å². The Morgan fingerprint density at radius 2 is 2.46 bits per heavy atom. The third-order valence-electron chi connectivity index (χ3n) is 2.40. The summed E-state index contributed by atoms with van der Waals surface area (Å²) in [6.45, 7) is 4.05. The van der Waals surface area contributed by atoms with Gasteiger partial charge in [0.05, 0.1) is 0 Å². The van der Waals surface area contributed by atoms with E-state index in [9.17, 15) is 9.59 Å². The zero-order chi connectivity index (χ0) is 9.90. The Hall–Kier alpha value is -1.32. The van der Waals surface area contributed by atoms with Crippen LogP contribution < -0.4 is 5.32 Å². The van der Waals surface area contributed by atoms with Crippen molar-refractivity contribution in [2.24, 2.45) is 5.41 Å². The molecular formula is C9H13NO3. The highest BCUT2D eigenvalue weighted by atomic mass is 16.4. The number of amides is 1. The van der Waals surface area contributed by atoms with Gasteiger partial charge in [0.2, 0.25) is 5.91 Å². The van der Waals surface area contributed by atoms with Crippen molar-refractivity contribution < 1.29 is 14.7 Å². The summed E-state index contributed by atoms with van der Waals surface area (Å²) in [7, 11) is 0. The molecule has 2 N–H and O–H groups in total. The van der Waals surface area contributed by atoms with Gasteiger partial charge in [0, 0.05) is 6.54 Å². The molecule has 0 saturated carbocycles. The van der Waals surface area contributed by atoms with Crippen molar-refractivity contribution >= 4 is 11.9 Å². The van der Waals surface area contributed by atoms with Gasteiger partial charge in [-0.25, -0.2) is 0 Å². The Morgan fingerprint density at radius 3 is 2.92 bits per heavy atom. The number of hydrogen-bond donors (Lipinski definition) is 2. The van der Waals surface area contributed by atoms with E-state index >= 15 is 0 Å². The second kappa shape index (κ2) is 3.60. The normalized spacial score (nSPS) is 27.8. The van der Waals surface area contributed by atoms with Crippen molar-refractivity contribution in [1.29, 1.82) is 0 Å². The number of rotatable bonds is 3. The fraction of sp³-hybridized carbons (Fsp3) is 0.556. The summed E-state index contributed by atoms with van der Waals surface area (Å²) in [5.41, 5.74) is -1.26. The van der Waals surface area contributed by atoms with Crippen LogP contribution >= 0.6 is 0 Å². The molecule has 1 saturated heterocycles. The highest BCUT2D eigenvalue weighted by molar-refractivity contribution is 6.02. The minimum atomic E-state index is -1.26. The van der Waals surface area contributed by atoms with Crippen molar-refractivity contribution in [3.8, 4) is 0 Å². The lowest BCUT2D eigenvalue weighted by molar-refractivity contribution is -0.157. The number of hydrogen-bond acceptors (Lipinski definition) is 2. The molecule has 1 atom stereocenters. The average molecular weight is 183 g/mol. The summed E-state index contributed by atoms with van der Waals surface area (Å²) in [4.78, 5) is 22.4. The van der Waals surface area contributed by atoms with Gasteiger partial charge in [-0.05, 0) is 19.3 Å². The maximum atomic E-state index is 11.4. The molecule has 72 valence electrons. The number of aliphatic carboxylic acids is 1. The van der Waals surface area contributed by atoms with Gasteiger partial charge in [-0.2, -0.15) is 0 Å². The van der Waals surface area contributed by atoms with Gasteiger partial charge in [-0.15, -0.1) is 6.58 Å². The largest absolute Gasteiger partial charge is 0.480 e. The molecule has 0 bridgehead atoms. The van der Waals surface area contributed by atoms with Gasteiger partial charge in [-0.1, -0.05) is 6.08 Å². The predicted molar refractivity (Wildman–Crippen MR) is 47.1 cm³/mol. The van der Waals surface area contributed by atoms with Gasteiger partial charge in [0.15, 0.2) is 0 Å². The van der Waals surface area contributed by atoms with E-state index in [-0.39, 0.29) is 12.3 Å². The molecular weight excluding hydrogens is 170 g/mol. The smallest absolute Gasteiger partial charge is 0.319 e. The molecule has 1 heterocycles. The molecule has 1 unspecified atom stereocenters. The van der Waals surface area contributed by atoms with E-state index in [4.69, 9.17) is 5.11 Å². The molecule has 0 aromatic heterocycles. The number of carboxylic acid groups (broad SMARTS) is 1. The first-order valence-electron chi connectivity index (χ1n) is 4.26. The Balaban J connectivity index is 2.92. The Bertz CT molecular complexity index is 249. The molecule has 0 aromatic carbocycles. The Morgan fingerprint density at radius 1 is 1.77 bits per heavy atom. The van der Waals surface area contributed by atoms with Gasteiger partial charge >= 0.3 is 5.97 Å². The first kappa shape index (κ1) is 9.77. The van der Waals surface area contributed by atoms with Crippen LogP contribution in [0.3, 0.4) is 0 Å². The van der Waals surface area contributed by atoms with Crippen LogP contribution in [0.5, 0.6) is 0 Å². The van der Waals surface area contributed by atoms with Crippen LogP contribution in [0.1, 0.15) is 19.3 Å². The van der Waals surface area contributed by atoms with E-state index < -0.39 is 11.4 Å². The number of allylic oxidation sites excluding steroid dienone is 1. The van der Waals surface area contributed by atoms with Gasteiger partial charge in [0.25, 0.3) is 0 Å². The second-order valence-electron chi connectivity index (χ2n) is 3.24. The summed E-state index contributed by atoms with van der Waals surface area (Å²) in [5.74, 6) is -1.43. The van der Waals surface area contributed by atoms with E-state index in [1.165, 1.54) is 6.08 Å². The number of nitrogens with one attached hydrogen (secondary N) is 1. The molecule has 1 aliphatic rings. The second-order valence-corrected chi connectivity index (χ2v) is 3.24. The Kier molecular flexibility index (Phi) is 2.70. The number of piperidine rings is 1. The fourth-order valence-electron chi connectivity index (χ4n) is 1.61. The first-order chi connectivity index (χ1) is 6.13. The molecule has 4 heteroatoms. The molecule has 0 spiro atoms. The van der Waals surface area contributed by atoms with Gasteiger partial charge in [0.1, 0.15) is 5.41 Å². The minimum absolute atomic E-state index is 0.203. The highest BCUT2D eigenvalue weighted by Gasteiger charge is 2.46. The van der Waals surface area contributed by atoms with E-state index in [1.807, 2.05) is 0 Å². The van der Waals surface area contributed by atoms with Crippen LogP contribution in [0.25, 0.3) is 0 Å². The predicted octanol–water partition coefficient (Wildman–Crippen LogP) is 0.543. The van der Waals surface area contributed by atoms with Crippen molar-refractivity contribution in [1.82, 2.24) is 5.32 Å². The molecule has 0 aromatic rings. The molecule has 4 nitrogen and oxygen atoms in total. The summed E-state index contributed by atoms with van der Waals surface area (Å²) in [6, 6.07) is 0. The van der Waals surface area contributed by atoms with Crippen LogP contribution in [-0.2, 0) is 9.59 Å². The van der Waals surface area contributed by atoms with Crippen molar-refractivity contribution in [2.45, 2.75) is 19.3 Å². The number of carbonyl (C=O) groups is 2. The molecule has 13 heavy (non-hydrogen) atoms. The summed E-state index contributed by atoms with van der Waals surface area (Å²) in [6.07, 6.45) is 2.80. The quantitative estimate of drug-likeness (QED) is 0.496. The highest BCUT2D eigenvalue weighted by Crippen LogP contribution is 2.31. The van der Waals surface area contributed by atoms with Crippen LogP contribution in [0.2, 0.25) is 0 Å². The summed E-state index contributed by atoms with van der Waals surface area (Å²) >= 11 is 0. The third-order valence-corrected chi connectivity index (χ3v) is 2.40. The summed E-state index contributed by atoms with van der Waals surface area (Å²) < 4.78 is 0. The lowest BCUT2D eigenvalue weighted by Gasteiger charge is -2.30. The van der Waals surface area contributed by atoms with Crippen molar-refractivity contribution in [3.63, 3.8) is 0 Å². The van der Waals surface area contributed by atoms with Gasteiger partial charge < -0.3 is 10.4 Å². The Labute approximate surface area is 76.6 Å². The first-order valence-corrected chi connectivity index (χ1v) is 4.26. The number of carboxylic acids is 1. The molecule has 1 rings (SSSR count). The maximum absolute atomic E-state index is 11.4. The fourth-order valence-corrected chi connectivity index (χ4v) is 1.61. The SMILES string of the molecule is C=CCC1(C(=O)O)CCCNC1=O.